The standard InChI is InChI=1S/C9H17N7/c10-8-7(9(11)16-15-8)14-13-5-6-1-3-12-4-2-6/h1-4,7-9,13-16H,5,10-11H2. The van der Waals surface area contributed by atoms with Gasteiger partial charge < -0.3 is 11.5 Å². The maximum Gasteiger partial charge on any atom is 0.0877 e. The van der Waals surface area contributed by atoms with Gasteiger partial charge in [-0.05, 0) is 17.7 Å². The van der Waals surface area contributed by atoms with E-state index in [1.54, 1.807) is 12.4 Å². The molecule has 8 N–H and O–H groups in total. The first-order valence-electron chi connectivity index (χ1n) is 5.17. The van der Waals surface area contributed by atoms with Crippen molar-refractivity contribution in [3.05, 3.63) is 30.1 Å². The van der Waals surface area contributed by atoms with Crippen LogP contribution in [0.15, 0.2) is 24.5 Å². The predicted molar refractivity (Wildman–Crippen MR) is 60.2 cm³/mol. The monoisotopic (exact) mass is 223 g/mol. The summed E-state index contributed by atoms with van der Waals surface area (Å²) in [6.07, 6.45) is 3.10. The Hall–Kier alpha value is -1.09. The minimum Gasteiger partial charge on any atom is -0.313 e. The number of aromatic nitrogens is 1. The van der Waals surface area contributed by atoms with Crippen LogP contribution in [0.5, 0.6) is 0 Å². The van der Waals surface area contributed by atoms with E-state index in [1.807, 2.05) is 12.1 Å². The lowest BCUT2D eigenvalue weighted by Gasteiger charge is -2.19. The maximum absolute atomic E-state index is 5.78. The van der Waals surface area contributed by atoms with Crippen molar-refractivity contribution in [1.29, 1.82) is 0 Å². The van der Waals surface area contributed by atoms with Crippen LogP contribution in [0, 0.1) is 0 Å². The van der Waals surface area contributed by atoms with E-state index in [4.69, 9.17) is 11.5 Å². The molecule has 2 heterocycles. The molecule has 2 unspecified atom stereocenters. The van der Waals surface area contributed by atoms with Gasteiger partial charge in [-0.1, -0.05) is 0 Å². The number of nitrogens with zero attached hydrogens (tertiary/aromatic N) is 1. The highest BCUT2D eigenvalue weighted by atomic mass is 15.5. The maximum atomic E-state index is 5.78. The molecule has 1 saturated heterocycles. The molecule has 0 saturated carbocycles. The molecule has 0 bridgehead atoms. The van der Waals surface area contributed by atoms with E-state index in [9.17, 15) is 0 Å². The first-order chi connectivity index (χ1) is 7.77. The molecule has 88 valence electrons. The molecule has 7 heteroatoms. The van der Waals surface area contributed by atoms with Crippen LogP contribution in [0.1, 0.15) is 5.56 Å². The van der Waals surface area contributed by atoms with E-state index >= 15 is 0 Å². The summed E-state index contributed by atoms with van der Waals surface area (Å²) in [6.45, 7) is 0.693. The normalized spacial score (nSPS) is 29.5. The van der Waals surface area contributed by atoms with Crippen LogP contribution in [0.4, 0.5) is 0 Å². The molecule has 0 spiro atoms. The van der Waals surface area contributed by atoms with Gasteiger partial charge in [0.15, 0.2) is 0 Å². The summed E-state index contributed by atoms with van der Waals surface area (Å²) in [5, 5.41) is 0. The van der Waals surface area contributed by atoms with Gasteiger partial charge in [-0.3, -0.25) is 10.4 Å². The Balaban J connectivity index is 1.76. The third-order valence-corrected chi connectivity index (χ3v) is 2.50. The highest BCUT2D eigenvalue weighted by Gasteiger charge is 2.30. The molecule has 16 heavy (non-hydrogen) atoms. The van der Waals surface area contributed by atoms with E-state index in [2.05, 4.69) is 26.7 Å². The van der Waals surface area contributed by atoms with E-state index in [0.717, 1.165) is 5.56 Å². The highest BCUT2D eigenvalue weighted by molar-refractivity contribution is 5.08. The molecule has 1 aromatic rings. The molecule has 0 amide bonds. The van der Waals surface area contributed by atoms with Crippen LogP contribution < -0.4 is 33.2 Å². The van der Waals surface area contributed by atoms with Crippen LogP contribution in [0.25, 0.3) is 0 Å². The second kappa shape index (κ2) is 5.30. The molecular formula is C9H17N7. The minimum absolute atomic E-state index is 0.0539. The van der Waals surface area contributed by atoms with E-state index in [0.29, 0.717) is 6.54 Å². The lowest BCUT2D eigenvalue weighted by atomic mass is 10.2. The quantitative estimate of drug-likeness (QED) is 0.319. The molecule has 0 radical (unpaired) electrons. The lowest BCUT2D eigenvalue weighted by molar-refractivity contribution is 0.370. The Morgan fingerprint density at radius 3 is 2.44 bits per heavy atom. The Morgan fingerprint density at radius 2 is 1.81 bits per heavy atom. The Morgan fingerprint density at radius 1 is 1.19 bits per heavy atom. The van der Waals surface area contributed by atoms with Gasteiger partial charge in [0.25, 0.3) is 0 Å². The van der Waals surface area contributed by atoms with Crippen molar-refractivity contribution in [1.82, 2.24) is 26.7 Å². The molecule has 1 fully saturated rings. The first-order valence-corrected chi connectivity index (χ1v) is 5.17. The zero-order valence-corrected chi connectivity index (χ0v) is 8.85. The number of pyridine rings is 1. The minimum atomic E-state index is -0.208. The van der Waals surface area contributed by atoms with Gasteiger partial charge in [0.05, 0.1) is 18.4 Å². The van der Waals surface area contributed by atoms with Crippen molar-refractivity contribution in [2.45, 2.75) is 24.9 Å². The van der Waals surface area contributed by atoms with E-state index in [1.165, 1.54) is 0 Å². The molecule has 2 rings (SSSR count). The second-order valence-electron chi connectivity index (χ2n) is 3.72. The summed E-state index contributed by atoms with van der Waals surface area (Å²) in [5.41, 5.74) is 24.6. The zero-order valence-electron chi connectivity index (χ0n) is 8.85. The number of nitrogens with two attached hydrogens (primary N) is 2. The number of hydrogen-bond donors (Lipinski definition) is 6. The number of nitrogens with one attached hydrogen (secondary N) is 4. The van der Waals surface area contributed by atoms with E-state index in [-0.39, 0.29) is 18.4 Å². The summed E-state index contributed by atoms with van der Waals surface area (Å²) in [5.74, 6) is 0. The Kier molecular flexibility index (Phi) is 3.78. The first kappa shape index (κ1) is 11.4. The summed E-state index contributed by atoms with van der Waals surface area (Å²) in [6, 6.07) is 3.83. The Bertz CT molecular complexity index is 307. The SMILES string of the molecule is NC1NNC(N)C1NNCc1ccncc1. The fraction of sp³-hybridized carbons (Fsp3) is 0.444. The summed E-state index contributed by atoms with van der Waals surface area (Å²) >= 11 is 0. The Labute approximate surface area is 93.9 Å². The second-order valence-corrected chi connectivity index (χ2v) is 3.72. The number of rotatable bonds is 4. The molecule has 2 atom stereocenters. The molecular weight excluding hydrogens is 206 g/mol. The molecule has 0 aliphatic carbocycles. The zero-order chi connectivity index (χ0) is 11.4. The summed E-state index contributed by atoms with van der Waals surface area (Å²) in [4.78, 5) is 3.95. The smallest absolute Gasteiger partial charge is 0.0877 e. The topological polar surface area (TPSA) is 113 Å². The predicted octanol–water partition coefficient (Wildman–Crippen LogP) is -2.28. The molecule has 1 aromatic heterocycles. The van der Waals surface area contributed by atoms with Gasteiger partial charge >= 0.3 is 0 Å². The van der Waals surface area contributed by atoms with Crippen molar-refractivity contribution in [3.63, 3.8) is 0 Å². The third kappa shape index (κ3) is 2.73. The number of hydrogen-bond acceptors (Lipinski definition) is 7. The van der Waals surface area contributed by atoms with Gasteiger partial charge in [-0.15, -0.1) is 0 Å². The van der Waals surface area contributed by atoms with Gasteiger partial charge in [0, 0.05) is 18.9 Å². The summed E-state index contributed by atoms with van der Waals surface area (Å²) < 4.78 is 0. The van der Waals surface area contributed by atoms with Crippen molar-refractivity contribution < 1.29 is 0 Å². The average Bonchev–Trinajstić information content (AvgIpc) is 2.62. The van der Waals surface area contributed by atoms with Crippen molar-refractivity contribution in [2.24, 2.45) is 11.5 Å². The van der Waals surface area contributed by atoms with Gasteiger partial charge in [-0.2, -0.15) is 0 Å². The molecule has 7 nitrogen and oxygen atoms in total. The molecule has 1 aliphatic heterocycles. The molecule has 0 aromatic carbocycles. The largest absolute Gasteiger partial charge is 0.313 e. The number of hydrazine groups is 2. The third-order valence-electron chi connectivity index (χ3n) is 2.50. The lowest BCUT2D eigenvalue weighted by Crippen LogP contribution is -2.56. The van der Waals surface area contributed by atoms with E-state index < -0.39 is 0 Å². The fourth-order valence-electron chi connectivity index (χ4n) is 1.55. The molecule has 1 aliphatic rings. The van der Waals surface area contributed by atoms with Crippen LogP contribution >= 0.6 is 0 Å². The van der Waals surface area contributed by atoms with Crippen LogP contribution in [-0.2, 0) is 6.54 Å². The van der Waals surface area contributed by atoms with Gasteiger partial charge in [0.2, 0.25) is 0 Å². The van der Waals surface area contributed by atoms with Crippen molar-refractivity contribution >= 4 is 0 Å². The van der Waals surface area contributed by atoms with Gasteiger partial charge in [-0.25, -0.2) is 16.3 Å². The average molecular weight is 223 g/mol. The highest BCUT2D eigenvalue weighted by Crippen LogP contribution is 1.97. The van der Waals surface area contributed by atoms with Crippen molar-refractivity contribution in [3.8, 4) is 0 Å². The van der Waals surface area contributed by atoms with Gasteiger partial charge in [0.1, 0.15) is 0 Å². The van der Waals surface area contributed by atoms with Crippen LogP contribution in [0.2, 0.25) is 0 Å². The van der Waals surface area contributed by atoms with Crippen LogP contribution in [0.3, 0.4) is 0 Å². The van der Waals surface area contributed by atoms with Crippen LogP contribution in [-0.4, -0.2) is 23.4 Å². The van der Waals surface area contributed by atoms with Crippen molar-refractivity contribution in [2.75, 3.05) is 0 Å². The fourth-order valence-corrected chi connectivity index (χ4v) is 1.55. The summed E-state index contributed by atoms with van der Waals surface area (Å²) in [7, 11) is 0.